The van der Waals surface area contributed by atoms with Gasteiger partial charge in [0.2, 0.25) is 6.10 Å². The van der Waals surface area contributed by atoms with Crippen LogP contribution in [-0.4, -0.2) is 21.6 Å². The van der Waals surface area contributed by atoms with Gasteiger partial charge in [-0.05, 0) is 43.3 Å². The number of anilines is 1. The lowest BCUT2D eigenvalue weighted by atomic mass is 10.1. The van der Waals surface area contributed by atoms with E-state index in [0.29, 0.717) is 16.9 Å². The molecule has 2 aromatic heterocycles. The molecule has 2 aromatic carbocycles. The number of benzene rings is 2. The second-order valence-corrected chi connectivity index (χ2v) is 6.65. The second kappa shape index (κ2) is 8.48. The Hall–Kier alpha value is -4.13. The summed E-state index contributed by atoms with van der Waals surface area (Å²) in [5.41, 5.74) is 1.81. The third-order valence-corrected chi connectivity index (χ3v) is 4.45. The number of aryl methyl sites for hydroxylation is 1. The minimum Gasteiger partial charge on any atom is -0.444 e. The van der Waals surface area contributed by atoms with Crippen molar-refractivity contribution in [3.05, 3.63) is 102 Å². The Balaban J connectivity index is 1.53. The summed E-state index contributed by atoms with van der Waals surface area (Å²) in [6, 6.07) is 21.2. The van der Waals surface area contributed by atoms with Crippen LogP contribution < -0.4 is 5.32 Å². The van der Waals surface area contributed by atoms with Crippen molar-refractivity contribution in [2.75, 3.05) is 5.32 Å². The molecule has 1 atom stereocenters. The van der Waals surface area contributed by atoms with Crippen LogP contribution in [0.5, 0.6) is 0 Å². The Labute approximate surface area is 172 Å². The van der Waals surface area contributed by atoms with E-state index in [4.69, 9.17) is 9.26 Å². The molecular formula is C23H19N3O4. The van der Waals surface area contributed by atoms with Crippen LogP contribution in [0.25, 0.3) is 5.69 Å². The van der Waals surface area contributed by atoms with Crippen LogP contribution in [0.1, 0.15) is 27.8 Å². The molecule has 0 aliphatic heterocycles. The van der Waals surface area contributed by atoms with Crippen molar-refractivity contribution in [2.45, 2.75) is 13.0 Å². The minimum atomic E-state index is -1.14. The molecule has 0 aliphatic rings. The van der Waals surface area contributed by atoms with Gasteiger partial charge in [-0.1, -0.05) is 35.5 Å². The molecule has 150 valence electrons. The molecule has 30 heavy (non-hydrogen) atoms. The van der Waals surface area contributed by atoms with Crippen molar-refractivity contribution < 1.29 is 18.8 Å². The van der Waals surface area contributed by atoms with Crippen LogP contribution in [0.3, 0.4) is 0 Å². The first-order chi connectivity index (χ1) is 14.6. The Kier molecular flexibility index (Phi) is 5.43. The fourth-order valence-electron chi connectivity index (χ4n) is 2.97. The van der Waals surface area contributed by atoms with Crippen molar-refractivity contribution in [2.24, 2.45) is 0 Å². The first kappa shape index (κ1) is 19.2. The zero-order chi connectivity index (χ0) is 20.9. The number of hydrogen-bond donors (Lipinski definition) is 1. The Bertz CT molecular complexity index is 1130. The van der Waals surface area contributed by atoms with Gasteiger partial charge >= 0.3 is 5.97 Å². The van der Waals surface area contributed by atoms with Crippen LogP contribution >= 0.6 is 0 Å². The third kappa shape index (κ3) is 4.30. The molecule has 1 N–H and O–H groups in total. The fourth-order valence-corrected chi connectivity index (χ4v) is 2.97. The zero-order valence-electron chi connectivity index (χ0n) is 16.2. The molecule has 4 aromatic rings. The number of amides is 1. The van der Waals surface area contributed by atoms with E-state index < -0.39 is 18.0 Å². The van der Waals surface area contributed by atoms with Gasteiger partial charge in [0.05, 0.1) is 5.56 Å². The van der Waals surface area contributed by atoms with E-state index in [9.17, 15) is 9.59 Å². The maximum absolute atomic E-state index is 12.8. The van der Waals surface area contributed by atoms with E-state index in [2.05, 4.69) is 10.5 Å². The van der Waals surface area contributed by atoms with E-state index in [-0.39, 0.29) is 5.82 Å². The lowest BCUT2D eigenvalue weighted by Gasteiger charge is -2.17. The molecule has 0 aliphatic carbocycles. The molecule has 1 amide bonds. The number of ether oxygens (including phenoxy) is 1. The molecule has 0 radical (unpaired) electrons. The van der Waals surface area contributed by atoms with E-state index >= 15 is 0 Å². The van der Waals surface area contributed by atoms with Crippen LogP contribution in [0.2, 0.25) is 0 Å². The smallest absolute Gasteiger partial charge is 0.339 e. The normalized spacial score (nSPS) is 11.6. The summed E-state index contributed by atoms with van der Waals surface area (Å²) in [7, 11) is 0. The molecule has 0 saturated heterocycles. The molecule has 0 bridgehead atoms. The molecule has 0 spiro atoms. The van der Waals surface area contributed by atoms with Gasteiger partial charge in [0.15, 0.2) is 5.82 Å². The molecule has 0 fully saturated rings. The average Bonchev–Trinajstić information content (AvgIpc) is 3.44. The summed E-state index contributed by atoms with van der Waals surface area (Å²) < 4.78 is 12.5. The Morgan fingerprint density at radius 3 is 2.33 bits per heavy atom. The van der Waals surface area contributed by atoms with E-state index in [1.807, 2.05) is 47.3 Å². The van der Waals surface area contributed by atoms with Gasteiger partial charge in [-0.25, -0.2) is 4.79 Å². The van der Waals surface area contributed by atoms with Crippen LogP contribution in [0, 0.1) is 6.92 Å². The quantitative estimate of drug-likeness (QED) is 0.487. The maximum atomic E-state index is 12.8. The van der Waals surface area contributed by atoms with Crippen LogP contribution in [0.4, 0.5) is 5.82 Å². The summed E-state index contributed by atoms with van der Waals surface area (Å²) >= 11 is 0. The maximum Gasteiger partial charge on any atom is 0.339 e. The van der Waals surface area contributed by atoms with Gasteiger partial charge in [-0.15, -0.1) is 0 Å². The largest absolute Gasteiger partial charge is 0.444 e. The summed E-state index contributed by atoms with van der Waals surface area (Å²) in [5, 5.41) is 6.37. The SMILES string of the molecule is Cc1cc(NC(=O)C(OC(=O)c2ccc(-n3cccc3)cc2)c2ccccc2)no1. The van der Waals surface area contributed by atoms with Gasteiger partial charge in [-0.2, -0.15) is 0 Å². The monoisotopic (exact) mass is 401 g/mol. The highest BCUT2D eigenvalue weighted by atomic mass is 16.5. The summed E-state index contributed by atoms with van der Waals surface area (Å²) in [6.45, 7) is 1.72. The van der Waals surface area contributed by atoms with Crippen molar-refractivity contribution in [1.82, 2.24) is 9.72 Å². The first-order valence-electron chi connectivity index (χ1n) is 9.34. The van der Waals surface area contributed by atoms with Crippen molar-refractivity contribution >= 4 is 17.7 Å². The van der Waals surface area contributed by atoms with Crippen molar-refractivity contribution in [1.29, 1.82) is 0 Å². The van der Waals surface area contributed by atoms with E-state index in [1.54, 1.807) is 49.4 Å². The number of rotatable bonds is 6. The molecule has 2 heterocycles. The lowest BCUT2D eigenvalue weighted by molar-refractivity contribution is -0.125. The van der Waals surface area contributed by atoms with Crippen molar-refractivity contribution in [3.8, 4) is 5.69 Å². The number of nitrogens with zero attached hydrogens (tertiary/aromatic N) is 2. The topological polar surface area (TPSA) is 86.4 Å². The van der Waals surface area contributed by atoms with Gasteiger partial charge in [0.25, 0.3) is 5.91 Å². The number of carbonyl (C=O) groups excluding carboxylic acids is 2. The fraction of sp³-hybridized carbons (Fsp3) is 0.0870. The van der Waals surface area contributed by atoms with Crippen molar-refractivity contribution in [3.63, 3.8) is 0 Å². The molecular weight excluding hydrogens is 382 g/mol. The number of esters is 1. The number of carbonyl (C=O) groups is 2. The minimum absolute atomic E-state index is 0.255. The van der Waals surface area contributed by atoms with Crippen LogP contribution in [0.15, 0.2) is 89.7 Å². The summed E-state index contributed by atoms with van der Waals surface area (Å²) in [5.74, 6) is -0.312. The predicted octanol–water partition coefficient (Wildman–Crippen LogP) is 4.31. The lowest BCUT2D eigenvalue weighted by Crippen LogP contribution is -2.26. The molecule has 7 heteroatoms. The number of hydrogen-bond acceptors (Lipinski definition) is 5. The van der Waals surface area contributed by atoms with E-state index in [1.165, 1.54) is 0 Å². The van der Waals surface area contributed by atoms with Gasteiger partial charge < -0.3 is 19.1 Å². The Morgan fingerprint density at radius 1 is 1.00 bits per heavy atom. The Morgan fingerprint density at radius 2 is 1.70 bits per heavy atom. The molecule has 0 saturated carbocycles. The van der Waals surface area contributed by atoms with Gasteiger partial charge in [-0.3, -0.25) is 4.79 Å². The number of aromatic nitrogens is 2. The van der Waals surface area contributed by atoms with Gasteiger partial charge in [0, 0.05) is 29.7 Å². The molecule has 7 nitrogen and oxygen atoms in total. The summed E-state index contributed by atoms with van der Waals surface area (Å²) in [4.78, 5) is 25.6. The summed E-state index contributed by atoms with van der Waals surface area (Å²) in [6.07, 6.45) is 2.68. The zero-order valence-corrected chi connectivity index (χ0v) is 16.2. The average molecular weight is 401 g/mol. The molecule has 4 rings (SSSR count). The van der Waals surface area contributed by atoms with Gasteiger partial charge in [0.1, 0.15) is 5.76 Å². The second-order valence-electron chi connectivity index (χ2n) is 6.65. The highest BCUT2D eigenvalue weighted by Crippen LogP contribution is 2.22. The number of nitrogens with one attached hydrogen (secondary N) is 1. The first-order valence-corrected chi connectivity index (χ1v) is 9.34. The molecule has 1 unspecified atom stereocenters. The highest BCUT2D eigenvalue weighted by Gasteiger charge is 2.26. The third-order valence-electron chi connectivity index (χ3n) is 4.45. The highest BCUT2D eigenvalue weighted by molar-refractivity contribution is 5.97. The van der Waals surface area contributed by atoms with Crippen LogP contribution in [-0.2, 0) is 9.53 Å². The standard InChI is InChI=1S/C23H19N3O4/c1-16-15-20(25-30-16)24-22(27)21(17-7-3-2-4-8-17)29-23(28)18-9-11-19(12-10-18)26-13-5-6-14-26/h2-15,21H,1H3,(H,24,25,27). The predicted molar refractivity (Wildman–Crippen MR) is 110 cm³/mol. The van der Waals surface area contributed by atoms with E-state index in [0.717, 1.165) is 5.69 Å².